The van der Waals surface area contributed by atoms with Gasteiger partial charge in [-0.1, -0.05) is 12.1 Å². The van der Waals surface area contributed by atoms with E-state index in [0.29, 0.717) is 15.4 Å². The summed E-state index contributed by atoms with van der Waals surface area (Å²) in [5.74, 6) is -0.973. The van der Waals surface area contributed by atoms with Crippen molar-refractivity contribution in [3.05, 3.63) is 52.2 Å². The number of hydrogen-bond acceptors (Lipinski definition) is 3. The lowest BCUT2D eigenvalue weighted by Gasteiger charge is -2.06. The van der Waals surface area contributed by atoms with Crippen molar-refractivity contribution in [1.29, 1.82) is 0 Å². The largest absolute Gasteiger partial charge is 0.480 e. The van der Waals surface area contributed by atoms with E-state index in [0.717, 1.165) is 22.0 Å². The van der Waals surface area contributed by atoms with Gasteiger partial charge >= 0.3 is 5.97 Å². The third-order valence-corrected chi connectivity index (χ3v) is 6.50. The van der Waals surface area contributed by atoms with Crippen molar-refractivity contribution < 1.29 is 23.1 Å². The van der Waals surface area contributed by atoms with Crippen molar-refractivity contribution in [1.82, 2.24) is 9.55 Å². The third-order valence-electron chi connectivity index (χ3n) is 5.35. The second kappa shape index (κ2) is 7.75. The first-order valence-corrected chi connectivity index (χ1v) is 10.1. The number of aryl methyl sites for hydroxylation is 1. The maximum absolute atomic E-state index is 13.7. The molecule has 0 amide bonds. The van der Waals surface area contributed by atoms with Crippen molar-refractivity contribution in [2.75, 3.05) is 0 Å². The fourth-order valence-electron chi connectivity index (χ4n) is 3.93. The van der Waals surface area contributed by atoms with Crippen molar-refractivity contribution >= 4 is 38.4 Å². The van der Waals surface area contributed by atoms with Crippen LogP contribution < -0.4 is 0 Å². The van der Waals surface area contributed by atoms with Gasteiger partial charge in [0.05, 0.1) is 10.2 Å². The van der Waals surface area contributed by atoms with Crippen molar-refractivity contribution in [3.8, 4) is 10.6 Å². The Hall–Kier alpha value is -2.87. The van der Waals surface area contributed by atoms with Gasteiger partial charge in [0.1, 0.15) is 31.6 Å². The van der Waals surface area contributed by atoms with Gasteiger partial charge in [-0.05, 0) is 37.1 Å². The fraction of sp³-hybridized carbons (Fsp3) is 0.273. The second-order valence-electron chi connectivity index (χ2n) is 7.23. The Labute approximate surface area is 174 Å². The lowest BCUT2D eigenvalue weighted by molar-refractivity contribution is -0.137. The quantitative estimate of drug-likeness (QED) is 0.405. The van der Waals surface area contributed by atoms with Crippen LogP contribution in [0.2, 0.25) is 0 Å². The highest BCUT2D eigenvalue weighted by molar-refractivity contribution is 7.22. The second-order valence-corrected chi connectivity index (χ2v) is 8.23. The molecular weight excluding hydrogens is 413 g/mol. The number of hydrogen-bond donors (Lipinski definition) is 1. The summed E-state index contributed by atoms with van der Waals surface area (Å²) >= 11 is 1.21. The molecular formula is C22H19F3N2O2S. The Morgan fingerprint density at radius 2 is 1.83 bits per heavy atom. The minimum absolute atomic E-state index is 0.107. The number of aromatic nitrogens is 2. The maximum Gasteiger partial charge on any atom is 0.323 e. The predicted molar refractivity (Wildman–Crippen MR) is 112 cm³/mol. The summed E-state index contributed by atoms with van der Waals surface area (Å²) < 4.78 is 42.9. The molecule has 2 aromatic carbocycles. The summed E-state index contributed by atoms with van der Waals surface area (Å²) in [7, 11) is 0. The number of thiazole rings is 1. The van der Waals surface area contributed by atoms with Crippen LogP contribution in [0, 0.1) is 13.8 Å². The van der Waals surface area contributed by atoms with Crippen LogP contribution in [0.5, 0.6) is 0 Å². The van der Waals surface area contributed by atoms with Crippen LogP contribution in [0.25, 0.3) is 31.7 Å². The topological polar surface area (TPSA) is 55.1 Å². The van der Waals surface area contributed by atoms with Gasteiger partial charge in [0.2, 0.25) is 0 Å². The summed E-state index contributed by atoms with van der Waals surface area (Å²) in [5.41, 5.74) is 3.95. The summed E-state index contributed by atoms with van der Waals surface area (Å²) in [6.45, 7) is 0.906. The number of carboxylic acid groups (broad SMARTS) is 1. The van der Waals surface area contributed by atoms with E-state index < -0.39 is 26.0 Å². The molecule has 8 heteroatoms. The molecule has 0 aliphatic carbocycles. The first-order valence-electron chi connectivity index (χ1n) is 9.33. The predicted octanol–water partition coefficient (Wildman–Crippen LogP) is 6.03. The summed E-state index contributed by atoms with van der Waals surface area (Å²) in [6, 6.07) is 7.09. The Kier molecular flexibility index (Phi) is 5.27. The number of halogens is 3. The lowest BCUT2D eigenvalue weighted by Crippen LogP contribution is -2.09. The van der Waals surface area contributed by atoms with Gasteiger partial charge in [0, 0.05) is 33.3 Å². The Bertz CT molecular complexity index is 1290. The molecule has 4 rings (SSSR count). The van der Waals surface area contributed by atoms with Gasteiger partial charge in [-0.3, -0.25) is 4.79 Å². The fourth-order valence-corrected chi connectivity index (χ4v) is 5.13. The molecule has 4 aromatic rings. The average Bonchev–Trinajstić information content (AvgIpc) is 3.26. The highest BCUT2D eigenvalue weighted by Crippen LogP contribution is 2.41. The third kappa shape index (κ3) is 3.15. The molecule has 0 spiro atoms. The molecule has 0 unspecified atom stereocenters. The van der Waals surface area contributed by atoms with Gasteiger partial charge in [-0.15, -0.1) is 11.3 Å². The van der Waals surface area contributed by atoms with Crippen molar-refractivity contribution in [2.45, 2.75) is 40.4 Å². The van der Waals surface area contributed by atoms with Gasteiger partial charge in [0.15, 0.2) is 0 Å². The molecule has 0 saturated heterocycles. The van der Waals surface area contributed by atoms with Crippen molar-refractivity contribution in [3.63, 3.8) is 0 Å². The molecule has 0 aliphatic heterocycles. The van der Waals surface area contributed by atoms with E-state index in [1.54, 1.807) is 11.5 Å². The number of fused-ring (bicyclic) bond motifs is 2. The summed E-state index contributed by atoms with van der Waals surface area (Å²) in [4.78, 5) is 16.0. The zero-order valence-electron chi connectivity index (χ0n) is 16.4. The van der Waals surface area contributed by atoms with Crippen LogP contribution in [-0.4, -0.2) is 20.6 Å². The van der Waals surface area contributed by atoms with E-state index in [1.807, 2.05) is 25.1 Å². The minimum Gasteiger partial charge on any atom is -0.480 e. The van der Waals surface area contributed by atoms with E-state index in [9.17, 15) is 23.1 Å². The number of carboxylic acids is 1. The smallest absolute Gasteiger partial charge is 0.323 e. The molecule has 0 radical (unpaired) electrons. The number of aliphatic carboxylic acids is 1. The molecule has 2 aromatic heterocycles. The molecule has 156 valence electrons. The van der Waals surface area contributed by atoms with Gasteiger partial charge < -0.3 is 9.67 Å². The number of benzene rings is 2. The number of rotatable bonds is 6. The van der Waals surface area contributed by atoms with Crippen LogP contribution in [-0.2, 0) is 31.4 Å². The molecule has 30 heavy (non-hydrogen) atoms. The normalized spacial score (nSPS) is 11.6. The molecule has 0 fully saturated rings. The van der Waals surface area contributed by atoms with Gasteiger partial charge in [-0.25, -0.2) is 18.2 Å². The molecule has 0 aliphatic rings. The van der Waals surface area contributed by atoms with Gasteiger partial charge in [0.25, 0.3) is 0 Å². The van der Waals surface area contributed by atoms with E-state index in [1.165, 1.54) is 17.4 Å². The van der Waals surface area contributed by atoms with Crippen LogP contribution in [0.4, 0.5) is 13.2 Å². The summed E-state index contributed by atoms with van der Waals surface area (Å²) in [6.07, 6.45) is 0. The van der Waals surface area contributed by atoms with Crippen molar-refractivity contribution in [2.24, 2.45) is 0 Å². The highest BCUT2D eigenvalue weighted by Gasteiger charge is 2.23. The van der Waals surface area contributed by atoms with E-state index in [-0.39, 0.29) is 28.8 Å². The number of nitrogens with zero attached hydrogens (tertiary/aromatic N) is 2. The zero-order valence-corrected chi connectivity index (χ0v) is 17.2. The molecule has 1 N–H and O–H groups in total. The SMILES string of the molecule is Cc1ccc2c(-c3nc4c(CF)c(CF)cc(CF)c4s3)c(C)n(CC(=O)O)c2c1. The van der Waals surface area contributed by atoms with Crippen LogP contribution in [0.1, 0.15) is 27.9 Å². The number of alkyl halides is 3. The first kappa shape index (κ1) is 20.4. The zero-order chi connectivity index (χ0) is 21.6. The average molecular weight is 432 g/mol. The minimum atomic E-state index is -0.973. The van der Waals surface area contributed by atoms with E-state index in [2.05, 4.69) is 4.98 Å². The standard InChI is InChI=1S/C22H19F3N2O2S/c1-11-3-4-15-17(5-11)27(10-18(28)29)12(2)19(15)22-26-20-16(9-25)13(7-23)6-14(8-24)21(20)30-22/h3-6H,7-10H2,1-2H3,(H,28,29). The first-order chi connectivity index (χ1) is 14.4. The molecule has 0 saturated carbocycles. The maximum atomic E-state index is 13.7. The van der Waals surface area contributed by atoms with Crippen LogP contribution >= 0.6 is 11.3 Å². The Morgan fingerprint density at radius 3 is 2.47 bits per heavy atom. The van der Waals surface area contributed by atoms with Gasteiger partial charge in [-0.2, -0.15) is 0 Å². The Balaban J connectivity index is 2.06. The number of carbonyl (C=O) groups is 1. The van der Waals surface area contributed by atoms with E-state index in [4.69, 9.17) is 0 Å². The lowest BCUT2D eigenvalue weighted by atomic mass is 10.0. The highest BCUT2D eigenvalue weighted by atomic mass is 32.1. The monoisotopic (exact) mass is 432 g/mol. The van der Waals surface area contributed by atoms with Crippen LogP contribution in [0.15, 0.2) is 24.3 Å². The van der Waals surface area contributed by atoms with Crippen LogP contribution in [0.3, 0.4) is 0 Å². The molecule has 0 atom stereocenters. The summed E-state index contributed by atoms with van der Waals surface area (Å²) in [5, 5.41) is 10.7. The Morgan fingerprint density at radius 1 is 1.10 bits per heavy atom. The molecule has 0 bridgehead atoms. The molecule has 2 heterocycles. The molecule has 4 nitrogen and oxygen atoms in total. The van der Waals surface area contributed by atoms with E-state index >= 15 is 0 Å².